The highest BCUT2D eigenvalue weighted by molar-refractivity contribution is 7.17. The van der Waals surface area contributed by atoms with Crippen LogP contribution in [0.3, 0.4) is 0 Å². The van der Waals surface area contributed by atoms with Crippen molar-refractivity contribution < 1.29 is 4.79 Å². The maximum absolute atomic E-state index is 12.5. The molecule has 24 heavy (non-hydrogen) atoms. The number of likely N-dealkylation sites (N-methyl/N-ethyl adjacent to an activating group) is 1. The molecule has 3 rings (SSSR count). The van der Waals surface area contributed by atoms with Crippen molar-refractivity contribution in [3.63, 3.8) is 0 Å². The van der Waals surface area contributed by atoms with E-state index in [9.17, 15) is 4.79 Å². The SMILES string of the molecule is Cc1ccccc1C(=O)NC[C@@H](c1csc2ccccc12)N(C)C. The minimum atomic E-state index is -0.0144. The molecule has 0 aliphatic rings. The van der Waals surface area contributed by atoms with Gasteiger partial charge < -0.3 is 10.2 Å². The summed E-state index contributed by atoms with van der Waals surface area (Å²) >= 11 is 1.75. The average Bonchev–Trinajstić information content (AvgIpc) is 2.99. The molecule has 1 aromatic heterocycles. The zero-order valence-electron chi connectivity index (χ0n) is 14.2. The molecule has 3 nitrogen and oxygen atoms in total. The van der Waals surface area contributed by atoms with Gasteiger partial charge in [0.25, 0.3) is 5.91 Å². The van der Waals surface area contributed by atoms with Crippen LogP contribution in [0.25, 0.3) is 10.1 Å². The van der Waals surface area contributed by atoms with E-state index in [4.69, 9.17) is 0 Å². The zero-order valence-corrected chi connectivity index (χ0v) is 15.1. The third kappa shape index (κ3) is 3.35. The number of thiophene rings is 1. The molecule has 1 heterocycles. The molecule has 2 aromatic carbocycles. The second-order valence-electron chi connectivity index (χ2n) is 6.19. The molecule has 0 radical (unpaired) electrons. The largest absolute Gasteiger partial charge is 0.350 e. The van der Waals surface area contributed by atoms with E-state index in [0.29, 0.717) is 6.54 Å². The van der Waals surface area contributed by atoms with Crippen LogP contribution in [0.5, 0.6) is 0 Å². The topological polar surface area (TPSA) is 32.3 Å². The summed E-state index contributed by atoms with van der Waals surface area (Å²) in [6.45, 7) is 2.55. The number of benzene rings is 2. The van der Waals surface area contributed by atoms with Gasteiger partial charge in [-0.2, -0.15) is 0 Å². The molecule has 4 heteroatoms. The van der Waals surface area contributed by atoms with Crippen molar-refractivity contribution in [2.75, 3.05) is 20.6 Å². The predicted octanol–water partition coefficient (Wildman–Crippen LogP) is 4.24. The summed E-state index contributed by atoms with van der Waals surface area (Å²) in [6, 6.07) is 16.3. The van der Waals surface area contributed by atoms with E-state index in [0.717, 1.165) is 11.1 Å². The van der Waals surface area contributed by atoms with Crippen molar-refractivity contribution in [2.45, 2.75) is 13.0 Å². The van der Waals surface area contributed by atoms with E-state index in [1.807, 2.05) is 31.2 Å². The van der Waals surface area contributed by atoms with Crippen molar-refractivity contribution >= 4 is 27.3 Å². The number of carbonyl (C=O) groups excluding carboxylic acids is 1. The molecule has 1 N–H and O–H groups in total. The Labute approximate surface area is 146 Å². The normalized spacial score (nSPS) is 12.5. The Morgan fingerprint density at radius 1 is 1.12 bits per heavy atom. The van der Waals surface area contributed by atoms with Crippen LogP contribution in [-0.2, 0) is 0 Å². The van der Waals surface area contributed by atoms with Gasteiger partial charge in [-0.1, -0.05) is 36.4 Å². The minimum Gasteiger partial charge on any atom is -0.350 e. The van der Waals surface area contributed by atoms with Gasteiger partial charge >= 0.3 is 0 Å². The Hall–Kier alpha value is -2.17. The first-order valence-electron chi connectivity index (χ1n) is 8.04. The number of hydrogen-bond donors (Lipinski definition) is 1. The van der Waals surface area contributed by atoms with Crippen LogP contribution in [-0.4, -0.2) is 31.4 Å². The predicted molar refractivity (Wildman–Crippen MR) is 102 cm³/mol. The Bertz CT molecular complexity index is 853. The second kappa shape index (κ2) is 7.16. The summed E-state index contributed by atoms with van der Waals surface area (Å²) in [6.07, 6.45) is 0. The van der Waals surface area contributed by atoms with E-state index in [1.54, 1.807) is 11.3 Å². The van der Waals surface area contributed by atoms with Crippen molar-refractivity contribution in [3.05, 3.63) is 70.6 Å². The monoisotopic (exact) mass is 338 g/mol. The molecule has 0 aliphatic heterocycles. The molecule has 0 spiro atoms. The standard InChI is InChI=1S/C20H22N2OS/c1-14-8-4-5-9-15(14)20(23)21-12-18(22(2)3)17-13-24-19-11-7-6-10-16(17)19/h4-11,13,18H,12H2,1-3H3,(H,21,23)/t18-/m0/s1. The summed E-state index contributed by atoms with van der Waals surface area (Å²) < 4.78 is 1.28. The van der Waals surface area contributed by atoms with Crippen LogP contribution >= 0.6 is 11.3 Å². The first kappa shape index (κ1) is 16.7. The molecule has 0 aliphatic carbocycles. The summed E-state index contributed by atoms with van der Waals surface area (Å²) in [5, 5.41) is 6.57. The highest BCUT2D eigenvalue weighted by Crippen LogP contribution is 2.32. The van der Waals surface area contributed by atoms with Crippen LogP contribution in [0.2, 0.25) is 0 Å². The van der Waals surface area contributed by atoms with Gasteiger partial charge in [0.2, 0.25) is 0 Å². The fourth-order valence-electron chi connectivity index (χ4n) is 2.94. The third-order valence-corrected chi connectivity index (χ3v) is 5.32. The molecule has 3 aromatic rings. The number of carbonyl (C=O) groups is 1. The molecule has 0 saturated carbocycles. The summed E-state index contributed by atoms with van der Waals surface area (Å²) in [7, 11) is 4.11. The highest BCUT2D eigenvalue weighted by atomic mass is 32.1. The summed E-state index contributed by atoms with van der Waals surface area (Å²) in [5.74, 6) is -0.0144. The van der Waals surface area contributed by atoms with Gasteiger partial charge in [-0.15, -0.1) is 11.3 Å². The third-order valence-electron chi connectivity index (χ3n) is 4.34. The first-order chi connectivity index (χ1) is 11.6. The van der Waals surface area contributed by atoms with Crippen LogP contribution in [0, 0.1) is 6.92 Å². The maximum atomic E-state index is 12.5. The van der Waals surface area contributed by atoms with Gasteiger partial charge in [-0.05, 0) is 55.0 Å². The van der Waals surface area contributed by atoms with Crippen LogP contribution in [0.15, 0.2) is 53.9 Å². The quantitative estimate of drug-likeness (QED) is 0.754. The van der Waals surface area contributed by atoms with E-state index in [1.165, 1.54) is 15.6 Å². The first-order valence-corrected chi connectivity index (χ1v) is 8.92. The van der Waals surface area contributed by atoms with Gasteiger partial charge in [-0.25, -0.2) is 0 Å². The lowest BCUT2D eigenvalue weighted by atomic mass is 10.0. The number of amides is 1. The molecule has 0 saturated heterocycles. The fraction of sp³-hybridized carbons (Fsp3) is 0.250. The van der Waals surface area contributed by atoms with Crippen molar-refractivity contribution in [3.8, 4) is 0 Å². The molecular formula is C20H22N2OS. The lowest BCUT2D eigenvalue weighted by Crippen LogP contribution is -2.34. The Kier molecular flexibility index (Phi) is 4.97. The molecule has 1 atom stereocenters. The number of rotatable bonds is 5. The molecule has 0 bridgehead atoms. The average molecular weight is 338 g/mol. The van der Waals surface area contributed by atoms with Crippen molar-refractivity contribution in [1.82, 2.24) is 10.2 Å². The number of aryl methyl sites for hydroxylation is 1. The number of fused-ring (bicyclic) bond motifs is 1. The Morgan fingerprint density at radius 3 is 2.58 bits per heavy atom. The van der Waals surface area contributed by atoms with Gasteiger partial charge in [0.1, 0.15) is 0 Å². The maximum Gasteiger partial charge on any atom is 0.251 e. The van der Waals surface area contributed by atoms with Crippen LogP contribution in [0.4, 0.5) is 0 Å². The molecule has 0 unspecified atom stereocenters. The minimum absolute atomic E-state index is 0.0144. The Morgan fingerprint density at radius 2 is 1.83 bits per heavy atom. The van der Waals surface area contributed by atoms with E-state index in [-0.39, 0.29) is 11.9 Å². The molecule has 124 valence electrons. The number of nitrogens with zero attached hydrogens (tertiary/aromatic N) is 1. The number of hydrogen-bond acceptors (Lipinski definition) is 3. The van der Waals surface area contributed by atoms with E-state index < -0.39 is 0 Å². The van der Waals surface area contributed by atoms with Crippen LogP contribution < -0.4 is 5.32 Å². The molecular weight excluding hydrogens is 316 g/mol. The Balaban J connectivity index is 1.80. The molecule has 0 fully saturated rings. The van der Waals surface area contributed by atoms with Gasteiger partial charge in [0.15, 0.2) is 0 Å². The lowest BCUT2D eigenvalue weighted by molar-refractivity contribution is 0.0941. The van der Waals surface area contributed by atoms with Gasteiger partial charge in [0, 0.05) is 16.8 Å². The fourth-order valence-corrected chi connectivity index (χ4v) is 3.95. The van der Waals surface area contributed by atoms with E-state index in [2.05, 4.69) is 54.0 Å². The summed E-state index contributed by atoms with van der Waals surface area (Å²) in [4.78, 5) is 14.7. The highest BCUT2D eigenvalue weighted by Gasteiger charge is 2.19. The summed E-state index contributed by atoms with van der Waals surface area (Å²) in [5.41, 5.74) is 3.01. The van der Waals surface area contributed by atoms with E-state index >= 15 is 0 Å². The van der Waals surface area contributed by atoms with Gasteiger partial charge in [-0.3, -0.25) is 4.79 Å². The van der Waals surface area contributed by atoms with Crippen molar-refractivity contribution in [1.29, 1.82) is 0 Å². The molecule has 1 amide bonds. The smallest absolute Gasteiger partial charge is 0.251 e. The van der Waals surface area contributed by atoms with Gasteiger partial charge in [0.05, 0.1) is 6.04 Å². The lowest BCUT2D eigenvalue weighted by Gasteiger charge is -2.24. The second-order valence-corrected chi connectivity index (χ2v) is 7.10. The van der Waals surface area contributed by atoms with Crippen LogP contribution in [0.1, 0.15) is 27.5 Å². The number of nitrogens with one attached hydrogen (secondary N) is 1. The zero-order chi connectivity index (χ0) is 17.1. The van der Waals surface area contributed by atoms with Crippen molar-refractivity contribution in [2.24, 2.45) is 0 Å².